The molecule has 29 heavy (non-hydrogen) atoms. The van der Waals surface area contributed by atoms with Crippen molar-refractivity contribution in [3.05, 3.63) is 57.0 Å². The van der Waals surface area contributed by atoms with E-state index >= 15 is 0 Å². The molecule has 2 aliphatic heterocycles. The van der Waals surface area contributed by atoms with Crippen LogP contribution in [0.1, 0.15) is 41.3 Å². The van der Waals surface area contributed by atoms with Crippen molar-refractivity contribution in [3.8, 4) is 6.07 Å². The minimum Gasteiger partial charge on any atom is -0.326 e. The molecule has 1 aromatic heterocycles. The number of nitrogens with zero attached hydrogens (tertiary/aromatic N) is 2. The summed E-state index contributed by atoms with van der Waals surface area (Å²) < 4.78 is 38.8. The van der Waals surface area contributed by atoms with Gasteiger partial charge in [0.1, 0.15) is 0 Å². The molecule has 3 N–H and O–H groups in total. The third-order valence-corrected chi connectivity index (χ3v) is 5.33. The van der Waals surface area contributed by atoms with Crippen LogP contribution < -0.4 is 16.2 Å². The maximum atomic E-state index is 12.9. The van der Waals surface area contributed by atoms with Crippen molar-refractivity contribution < 1.29 is 18.0 Å². The number of hydrogen-bond acceptors (Lipinski definition) is 5. The molecule has 0 saturated carbocycles. The first-order valence-corrected chi connectivity index (χ1v) is 9.01. The lowest BCUT2D eigenvalue weighted by Gasteiger charge is -2.39. The smallest absolute Gasteiger partial charge is 0.326 e. The Balaban J connectivity index is 1.51. The van der Waals surface area contributed by atoms with E-state index in [1.54, 1.807) is 0 Å². The van der Waals surface area contributed by atoms with Crippen LogP contribution in [0.4, 0.5) is 18.9 Å². The Morgan fingerprint density at radius 2 is 2.07 bits per heavy atom. The average Bonchev–Trinajstić information content (AvgIpc) is 2.66. The third kappa shape index (κ3) is 3.73. The lowest BCUT2D eigenvalue weighted by atomic mass is 9.79. The van der Waals surface area contributed by atoms with Crippen molar-refractivity contribution in [2.24, 2.45) is 5.92 Å². The van der Waals surface area contributed by atoms with Gasteiger partial charge in [0.15, 0.2) is 0 Å². The molecule has 4 rings (SSSR count). The quantitative estimate of drug-likeness (QED) is 0.713. The van der Waals surface area contributed by atoms with Gasteiger partial charge < -0.3 is 10.6 Å². The van der Waals surface area contributed by atoms with Crippen LogP contribution in [0.3, 0.4) is 0 Å². The molecule has 2 aromatic rings. The van der Waals surface area contributed by atoms with Gasteiger partial charge in [0.25, 0.3) is 5.56 Å². The second-order valence-corrected chi connectivity index (χ2v) is 7.29. The van der Waals surface area contributed by atoms with E-state index in [4.69, 9.17) is 5.26 Å². The summed E-state index contributed by atoms with van der Waals surface area (Å²) in [7, 11) is 0. The van der Waals surface area contributed by atoms with Gasteiger partial charge in [-0.05, 0) is 43.0 Å². The summed E-state index contributed by atoms with van der Waals surface area (Å²) in [4.78, 5) is 24.2. The van der Waals surface area contributed by atoms with Crippen LogP contribution in [-0.2, 0) is 17.4 Å². The van der Waals surface area contributed by atoms with Crippen LogP contribution in [0, 0.1) is 17.2 Å². The molecule has 1 fully saturated rings. The van der Waals surface area contributed by atoms with E-state index in [-0.39, 0.29) is 35.2 Å². The molecule has 10 heteroatoms. The van der Waals surface area contributed by atoms with Gasteiger partial charge >= 0.3 is 6.18 Å². The summed E-state index contributed by atoms with van der Waals surface area (Å²) in [5.74, 6) is -0.695. The van der Waals surface area contributed by atoms with Crippen molar-refractivity contribution in [2.75, 3.05) is 5.32 Å². The Hall–Kier alpha value is -3.19. The van der Waals surface area contributed by atoms with Crippen LogP contribution in [0.2, 0.25) is 0 Å². The van der Waals surface area contributed by atoms with E-state index in [2.05, 4.69) is 20.8 Å². The summed E-state index contributed by atoms with van der Waals surface area (Å²) in [6.45, 7) is 0. The SMILES string of the molecule is N#Cc1cc(NC(=O)C2CC3Cc4cc(=O)[nH]nc4C(C2)N3)ccc1C(F)(F)F. The number of aromatic amines is 1. The number of hydrogen-bond donors (Lipinski definition) is 3. The van der Waals surface area contributed by atoms with Crippen molar-refractivity contribution in [3.63, 3.8) is 0 Å². The summed E-state index contributed by atoms with van der Waals surface area (Å²) in [5.41, 5.74) is -0.132. The van der Waals surface area contributed by atoms with E-state index < -0.39 is 17.3 Å². The molecule has 0 spiro atoms. The van der Waals surface area contributed by atoms with Crippen LogP contribution >= 0.6 is 0 Å². The Morgan fingerprint density at radius 1 is 1.28 bits per heavy atom. The molecule has 3 heterocycles. The van der Waals surface area contributed by atoms with Gasteiger partial charge in [-0.15, -0.1) is 0 Å². The Labute approximate surface area is 162 Å². The number of halogens is 3. The van der Waals surface area contributed by atoms with E-state index in [0.717, 1.165) is 23.8 Å². The molecular weight excluding hydrogens is 387 g/mol. The number of nitriles is 1. The molecule has 3 atom stereocenters. The topological polar surface area (TPSA) is 111 Å². The number of nitrogens with one attached hydrogen (secondary N) is 3. The van der Waals surface area contributed by atoms with E-state index in [1.165, 1.54) is 12.1 Å². The van der Waals surface area contributed by atoms with Crippen LogP contribution in [0.25, 0.3) is 0 Å². The van der Waals surface area contributed by atoms with Crippen molar-refractivity contribution >= 4 is 11.6 Å². The maximum absolute atomic E-state index is 12.9. The first-order chi connectivity index (χ1) is 13.7. The van der Waals surface area contributed by atoms with E-state index in [9.17, 15) is 22.8 Å². The average molecular weight is 403 g/mol. The fraction of sp³-hybridized carbons (Fsp3) is 0.368. The molecule has 0 radical (unpaired) electrons. The number of carbonyl (C=O) groups excluding carboxylic acids is 1. The second-order valence-electron chi connectivity index (χ2n) is 7.29. The summed E-state index contributed by atoms with van der Waals surface area (Å²) in [6, 6.07) is 5.83. The highest BCUT2D eigenvalue weighted by Crippen LogP contribution is 2.37. The standard InChI is InChI=1S/C19H16F3N5O2/c20-19(21,22)14-2-1-12(5-11(14)8-23)25-18(29)10-4-13-3-9-7-16(28)26-27-17(9)15(6-10)24-13/h1-2,5,7,10,13,15,24H,3-4,6H2,(H,25,29)(H,26,28). The minimum atomic E-state index is -4.64. The van der Waals surface area contributed by atoms with Gasteiger partial charge in [0.05, 0.1) is 28.9 Å². The number of fused-ring (bicyclic) bond motifs is 4. The zero-order chi connectivity index (χ0) is 20.8. The molecule has 3 unspecified atom stereocenters. The van der Waals surface area contributed by atoms with Gasteiger partial charge in [-0.3, -0.25) is 9.59 Å². The Bertz CT molecular complexity index is 1070. The molecular formula is C19H16F3N5O2. The predicted molar refractivity (Wildman–Crippen MR) is 95.7 cm³/mol. The fourth-order valence-corrected chi connectivity index (χ4v) is 4.08. The van der Waals surface area contributed by atoms with Crippen LogP contribution in [0.15, 0.2) is 29.1 Å². The minimum absolute atomic E-state index is 0.00266. The van der Waals surface area contributed by atoms with Crippen LogP contribution in [0.5, 0.6) is 0 Å². The highest BCUT2D eigenvalue weighted by atomic mass is 19.4. The number of anilines is 1. The predicted octanol–water partition coefficient (Wildman–Crippen LogP) is 2.26. The molecule has 150 valence electrons. The lowest BCUT2D eigenvalue weighted by Crippen LogP contribution is -2.49. The second kappa shape index (κ2) is 7.00. The number of alkyl halides is 3. The van der Waals surface area contributed by atoms with E-state index in [0.29, 0.717) is 25.0 Å². The van der Waals surface area contributed by atoms with Gasteiger partial charge in [0, 0.05) is 23.7 Å². The van der Waals surface area contributed by atoms with Crippen molar-refractivity contribution in [2.45, 2.75) is 37.5 Å². The highest BCUT2D eigenvalue weighted by molar-refractivity contribution is 5.93. The number of piperidine rings is 1. The van der Waals surface area contributed by atoms with Crippen molar-refractivity contribution in [1.29, 1.82) is 5.26 Å². The summed E-state index contributed by atoms with van der Waals surface area (Å²) >= 11 is 0. The van der Waals surface area contributed by atoms with Gasteiger partial charge in [-0.2, -0.15) is 23.5 Å². The van der Waals surface area contributed by atoms with Crippen molar-refractivity contribution in [1.82, 2.24) is 15.5 Å². The molecule has 1 aromatic carbocycles. The largest absolute Gasteiger partial charge is 0.417 e. The van der Waals surface area contributed by atoms with Crippen LogP contribution in [-0.4, -0.2) is 22.1 Å². The lowest BCUT2D eigenvalue weighted by molar-refractivity contribution is -0.137. The first kappa shape index (κ1) is 19.1. The molecule has 0 aliphatic carbocycles. The molecule has 2 aliphatic rings. The third-order valence-electron chi connectivity index (χ3n) is 5.33. The summed E-state index contributed by atoms with van der Waals surface area (Å²) in [6.07, 6.45) is -3.09. The zero-order valence-electron chi connectivity index (χ0n) is 15.0. The van der Waals surface area contributed by atoms with Gasteiger partial charge in [-0.1, -0.05) is 0 Å². The van der Waals surface area contributed by atoms with Gasteiger partial charge in [-0.25, -0.2) is 5.10 Å². The van der Waals surface area contributed by atoms with E-state index in [1.807, 2.05) is 0 Å². The number of benzene rings is 1. The number of H-pyrrole nitrogens is 1. The first-order valence-electron chi connectivity index (χ1n) is 9.01. The maximum Gasteiger partial charge on any atom is 0.417 e. The van der Waals surface area contributed by atoms with Gasteiger partial charge in [0.2, 0.25) is 5.91 Å². The molecule has 7 nitrogen and oxygen atoms in total. The Morgan fingerprint density at radius 3 is 2.79 bits per heavy atom. The molecule has 2 bridgehead atoms. The Kier molecular flexibility index (Phi) is 4.62. The monoisotopic (exact) mass is 403 g/mol. The number of rotatable bonds is 2. The molecule has 1 amide bonds. The number of amides is 1. The highest BCUT2D eigenvalue weighted by Gasteiger charge is 2.39. The zero-order valence-corrected chi connectivity index (χ0v) is 15.0. The normalized spacial score (nSPS) is 23.0. The summed E-state index contributed by atoms with van der Waals surface area (Å²) in [5, 5.41) is 21.5. The number of carbonyl (C=O) groups is 1. The number of aromatic nitrogens is 2. The molecule has 1 saturated heterocycles. The fourth-order valence-electron chi connectivity index (χ4n) is 4.08.